The zero-order valence-corrected chi connectivity index (χ0v) is 22.6. The molecule has 0 saturated heterocycles. The standard InChI is InChI=1S/C38H25N3O/c39-34-20-15-25-10-11-27-22-26(14-19-31(27)37(25)38(34)40)24-12-16-29(17-13-24)41(28-6-2-1-3-7-28)30-18-21-36-33(23-30)32-8-4-5-9-35(32)42-36/h1-23,39-40H. The largest absolute Gasteiger partial charge is 0.456 e. The molecule has 8 rings (SSSR count). The molecule has 0 bridgehead atoms. The van der Waals surface area contributed by atoms with Gasteiger partial charge in [-0.1, -0.05) is 78.9 Å². The van der Waals surface area contributed by atoms with Crippen molar-refractivity contribution in [2.75, 3.05) is 4.90 Å². The van der Waals surface area contributed by atoms with Crippen molar-refractivity contribution in [1.82, 2.24) is 0 Å². The van der Waals surface area contributed by atoms with Gasteiger partial charge in [0, 0.05) is 33.4 Å². The molecule has 0 spiro atoms. The maximum absolute atomic E-state index is 8.47. The quantitative estimate of drug-likeness (QED) is 0.234. The van der Waals surface area contributed by atoms with Gasteiger partial charge >= 0.3 is 0 Å². The third kappa shape index (κ3) is 3.85. The van der Waals surface area contributed by atoms with E-state index in [1.54, 1.807) is 6.08 Å². The Bertz CT molecular complexity index is 2220. The lowest BCUT2D eigenvalue weighted by molar-refractivity contribution is 0.669. The number of hydrogen-bond donors (Lipinski definition) is 2. The molecule has 0 fully saturated rings. The van der Waals surface area contributed by atoms with E-state index in [-0.39, 0.29) is 11.4 Å². The molecule has 7 aromatic rings. The number of rotatable bonds is 4. The summed E-state index contributed by atoms with van der Waals surface area (Å²) in [5.74, 6) is 0. The first kappa shape index (κ1) is 24.1. The molecule has 42 heavy (non-hydrogen) atoms. The van der Waals surface area contributed by atoms with Crippen LogP contribution in [0.25, 0.3) is 49.9 Å². The fourth-order valence-corrected chi connectivity index (χ4v) is 6.02. The average Bonchev–Trinajstić information content (AvgIpc) is 3.41. The predicted molar refractivity (Wildman–Crippen MR) is 175 cm³/mol. The molecule has 6 aromatic carbocycles. The van der Waals surface area contributed by atoms with Gasteiger partial charge in [0.1, 0.15) is 11.2 Å². The van der Waals surface area contributed by atoms with Crippen molar-refractivity contribution in [2.24, 2.45) is 0 Å². The van der Waals surface area contributed by atoms with Crippen LogP contribution in [0.4, 0.5) is 17.1 Å². The fourth-order valence-electron chi connectivity index (χ4n) is 6.02. The highest BCUT2D eigenvalue weighted by Gasteiger charge is 2.18. The highest BCUT2D eigenvalue weighted by Crippen LogP contribution is 2.39. The molecule has 1 aliphatic rings. The minimum atomic E-state index is 0.248. The van der Waals surface area contributed by atoms with Crippen LogP contribution in [0.15, 0.2) is 138 Å². The van der Waals surface area contributed by atoms with E-state index in [0.29, 0.717) is 0 Å². The van der Waals surface area contributed by atoms with E-state index in [2.05, 4.69) is 102 Å². The molecule has 0 amide bonds. The molecule has 0 radical (unpaired) electrons. The van der Waals surface area contributed by atoms with Gasteiger partial charge in [-0.05, 0) is 88.1 Å². The van der Waals surface area contributed by atoms with Crippen molar-refractivity contribution in [3.63, 3.8) is 0 Å². The number of para-hydroxylation sites is 2. The van der Waals surface area contributed by atoms with Crippen LogP contribution in [0, 0.1) is 10.8 Å². The molecule has 198 valence electrons. The number of fused-ring (bicyclic) bond motifs is 6. The molecule has 1 aromatic heterocycles. The van der Waals surface area contributed by atoms with E-state index in [4.69, 9.17) is 15.2 Å². The summed E-state index contributed by atoms with van der Waals surface area (Å²) < 4.78 is 6.09. The third-order valence-electron chi connectivity index (χ3n) is 8.09. The van der Waals surface area contributed by atoms with Gasteiger partial charge in [-0.3, -0.25) is 10.8 Å². The number of allylic oxidation sites excluding steroid dienone is 1. The number of furan rings is 1. The fraction of sp³-hybridized carbons (Fsp3) is 0. The van der Waals surface area contributed by atoms with E-state index in [9.17, 15) is 0 Å². The first-order valence-corrected chi connectivity index (χ1v) is 13.9. The molecule has 0 saturated carbocycles. The molecule has 1 aliphatic carbocycles. The van der Waals surface area contributed by atoms with E-state index in [0.717, 1.165) is 72.0 Å². The lowest BCUT2D eigenvalue weighted by Gasteiger charge is -2.25. The summed E-state index contributed by atoms with van der Waals surface area (Å²) in [5, 5.41) is 20.8. The maximum atomic E-state index is 8.47. The van der Waals surface area contributed by atoms with Gasteiger partial charge in [0.2, 0.25) is 0 Å². The normalized spacial score (nSPS) is 12.8. The molecule has 0 aliphatic heterocycles. The Labute approximate surface area is 242 Å². The summed E-state index contributed by atoms with van der Waals surface area (Å²) in [6, 6.07) is 44.1. The second kappa shape index (κ2) is 9.43. The maximum Gasteiger partial charge on any atom is 0.135 e. The Morgan fingerprint density at radius 3 is 2.07 bits per heavy atom. The summed E-state index contributed by atoms with van der Waals surface area (Å²) in [6.45, 7) is 0. The molecular weight excluding hydrogens is 514 g/mol. The van der Waals surface area contributed by atoms with Crippen LogP contribution in [0.1, 0.15) is 11.1 Å². The van der Waals surface area contributed by atoms with Crippen molar-refractivity contribution in [3.8, 4) is 11.1 Å². The molecule has 4 heteroatoms. The van der Waals surface area contributed by atoms with Gasteiger partial charge < -0.3 is 9.32 Å². The predicted octanol–water partition coefficient (Wildman–Crippen LogP) is 10.3. The number of anilines is 3. The van der Waals surface area contributed by atoms with E-state index >= 15 is 0 Å². The molecular formula is C38H25N3O. The van der Waals surface area contributed by atoms with Crippen molar-refractivity contribution in [3.05, 3.63) is 145 Å². The van der Waals surface area contributed by atoms with Crippen molar-refractivity contribution < 1.29 is 4.42 Å². The van der Waals surface area contributed by atoms with Crippen LogP contribution >= 0.6 is 0 Å². The van der Waals surface area contributed by atoms with Crippen molar-refractivity contribution >= 4 is 67.3 Å². The monoisotopic (exact) mass is 539 g/mol. The van der Waals surface area contributed by atoms with Crippen LogP contribution in [-0.4, -0.2) is 11.4 Å². The summed E-state index contributed by atoms with van der Waals surface area (Å²) in [5.41, 5.74) is 9.55. The minimum Gasteiger partial charge on any atom is -0.456 e. The zero-order chi connectivity index (χ0) is 28.2. The summed E-state index contributed by atoms with van der Waals surface area (Å²) in [6.07, 6.45) is 3.62. The second-order valence-electron chi connectivity index (χ2n) is 10.6. The highest BCUT2D eigenvalue weighted by molar-refractivity contribution is 6.53. The van der Waals surface area contributed by atoms with Crippen LogP contribution in [0.3, 0.4) is 0 Å². The third-order valence-corrected chi connectivity index (χ3v) is 8.09. The molecule has 0 atom stereocenters. The first-order valence-electron chi connectivity index (χ1n) is 13.9. The number of benzene rings is 6. The van der Waals surface area contributed by atoms with Crippen molar-refractivity contribution in [1.29, 1.82) is 10.8 Å². The van der Waals surface area contributed by atoms with Gasteiger partial charge in [-0.15, -0.1) is 0 Å². The smallest absolute Gasteiger partial charge is 0.135 e. The summed E-state index contributed by atoms with van der Waals surface area (Å²) in [7, 11) is 0. The van der Waals surface area contributed by atoms with Gasteiger partial charge in [0.15, 0.2) is 0 Å². The van der Waals surface area contributed by atoms with Gasteiger partial charge in [0.25, 0.3) is 0 Å². The Kier molecular flexibility index (Phi) is 5.41. The number of nitrogens with zero attached hydrogens (tertiary/aromatic N) is 1. The van der Waals surface area contributed by atoms with Crippen LogP contribution in [-0.2, 0) is 0 Å². The lowest BCUT2D eigenvalue weighted by Crippen LogP contribution is -2.16. The zero-order valence-electron chi connectivity index (χ0n) is 22.6. The molecule has 2 N–H and O–H groups in total. The number of hydrogen-bond acceptors (Lipinski definition) is 4. The van der Waals surface area contributed by atoms with Crippen LogP contribution < -0.4 is 4.90 Å². The summed E-state index contributed by atoms with van der Waals surface area (Å²) in [4.78, 5) is 2.27. The first-order chi connectivity index (χ1) is 20.6. The molecule has 0 unspecified atom stereocenters. The van der Waals surface area contributed by atoms with Gasteiger partial charge in [-0.25, -0.2) is 0 Å². The SMILES string of the molecule is N=C1C=Cc2ccc3cc(-c4ccc(N(c5ccccc5)c5ccc6oc7ccccc7c6c5)cc4)ccc3c2C1=N. The highest BCUT2D eigenvalue weighted by atomic mass is 16.3. The Hall–Kier alpha value is -5.74. The molecule has 4 nitrogen and oxygen atoms in total. The average molecular weight is 540 g/mol. The van der Waals surface area contributed by atoms with Crippen LogP contribution in [0.2, 0.25) is 0 Å². The van der Waals surface area contributed by atoms with Gasteiger partial charge in [0.05, 0.1) is 11.4 Å². The van der Waals surface area contributed by atoms with E-state index in [1.807, 2.05) is 36.4 Å². The Morgan fingerprint density at radius 1 is 0.500 bits per heavy atom. The van der Waals surface area contributed by atoms with Gasteiger partial charge in [-0.2, -0.15) is 0 Å². The lowest BCUT2D eigenvalue weighted by atomic mass is 9.88. The Balaban J connectivity index is 1.20. The minimum absolute atomic E-state index is 0.248. The summed E-state index contributed by atoms with van der Waals surface area (Å²) >= 11 is 0. The topological polar surface area (TPSA) is 64.1 Å². The number of nitrogens with one attached hydrogen (secondary N) is 2. The van der Waals surface area contributed by atoms with E-state index < -0.39 is 0 Å². The van der Waals surface area contributed by atoms with E-state index in [1.165, 1.54) is 0 Å². The van der Waals surface area contributed by atoms with Crippen molar-refractivity contribution in [2.45, 2.75) is 0 Å². The Morgan fingerprint density at radius 2 is 1.21 bits per heavy atom. The second-order valence-corrected chi connectivity index (χ2v) is 10.6. The molecule has 1 heterocycles. The van der Waals surface area contributed by atoms with Crippen LogP contribution in [0.5, 0.6) is 0 Å².